The predicted octanol–water partition coefficient (Wildman–Crippen LogP) is 3.76. The van der Waals surface area contributed by atoms with E-state index in [1.165, 1.54) is 13.2 Å². The predicted molar refractivity (Wildman–Crippen MR) is 78.0 cm³/mol. The maximum absolute atomic E-state index is 13.6. The lowest BCUT2D eigenvalue weighted by molar-refractivity contribution is 0.386. The highest BCUT2D eigenvalue weighted by atomic mass is 19.1. The van der Waals surface area contributed by atoms with Crippen LogP contribution in [0.25, 0.3) is 0 Å². The first-order valence-electron chi connectivity index (χ1n) is 6.35. The first-order chi connectivity index (χ1) is 9.63. The molecule has 0 radical (unpaired) electrons. The number of hydrogen-bond donors (Lipinski definition) is 1. The summed E-state index contributed by atoms with van der Waals surface area (Å²) in [5.74, 6) is 0.762. The van der Waals surface area contributed by atoms with Crippen LogP contribution in [-0.2, 0) is 6.54 Å². The van der Waals surface area contributed by atoms with Crippen molar-refractivity contribution >= 4 is 5.69 Å². The molecule has 0 amide bonds. The standard InChI is InChI=1S/C16H18FNO2/c1-11-8-13(5-7-15(11)19-2)18-10-12-4-6-16(20-3)14(17)9-12/h4-9,18H,10H2,1-3H3. The van der Waals surface area contributed by atoms with E-state index >= 15 is 0 Å². The van der Waals surface area contributed by atoms with E-state index in [2.05, 4.69) is 5.32 Å². The SMILES string of the molecule is COc1ccc(NCc2ccc(OC)c(F)c2)cc1C. The highest BCUT2D eigenvalue weighted by Crippen LogP contribution is 2.22. The highest BCUT2D eigenvalue weighted by Gasteiger charge is 2.04. The number of methoxy groups -OCH3 is 2. The zero-order valence-corrected chi connectivity index (χ0v) is 11.9. The van der Waals surface area contributed by atoms with Gasteiger partial charge in [0.1, 0.15) is 5.75 Å². The molecular weight excluding hydrogens is 257 g/mol. The summed E-state index contributed by atoms with van der Waals surface area (Å²) in [7, 11) is 3.10. The van der Waals surface area contributed by atoms with Gasteiger partial charge in [0.15, 0.2) is 11.6 Å². The molecule has 0 aliphatic carbocycles. The molecule has 20 heavy (non-hydrogen) atoms. The van der Waals surface area contributed by atoms with Gasteiger partial charge < -0.3 is 14.8 Å². The number of nitrogens with one attached hydrogen (secondary N) is 1. The minimum absolute atomic E-state index is 0.258. The van der Waals surface area contributed by atoms with Gasteiger partial charge in [0, 0.05) is 12.2 Å². The molecule has 2 rings (SSSR count). The van der Waals surface area contributed by atoms with Crippen molar-refractivity contribution in [2.75, 3.05) is 19.5 Å². The van der Waals surface area contributed by atoms with Crippen molar-refractivity contribution in [1.29, 1.82) is 0 Å². The lowest BCUT2D eigenvalue weighted by atomic mass is 10.1. The van der Waals surface area contributed by atoms with Gasteiger partial charge in [0.25, 0.3) is 0 Å². The number of halogens is 1. The van der Waals surface area contributed by atoms with E-state index in [9.17, 15) is 4.39 Å². The summed E-state index contributed by atoms with van der Waals surface area (Å²) >= 11 is 0. The Morgan fingerprint density at radius 2 is 1.70 bits per heavy atom. The van der Waals surface area contributed by atoms with Gasteiger partial charge in [-0.05, 0) is 48.4 Å². The fourth-order valence-electron chi connectivity index (χ4n) is 2.01. The number of hydrogen-bond acceptors (Lipinski definition) is 3. The third-order valence-electron chi connectivity index (χ3n) is 3.11. The fourth-order valence-corrected chi connectivity index (χ4v) is 2.01. The normalized spacial score (nSPS) is 10.2. The summed E-state index contributed by atoms with van der Waals surface area (Å²) in [4.78, 5) is 0. The second kappa shape index (κ2) is 6.28. The lowest BCUT2D eigenvalue weighted by Gasteiger charge is -2.10. The van der Waals surface area contributed by atoms with Crippen molar-refractivity contribution in [2.45, 2.75) is 13.5 Å². The molecule has 0 atom stereocenters. The molecule has 0 aromatic heterocycles. The van der Waals surface area contributed by atoms with Crippen LogP contribution in [-0.4, -0.2) is 14.2 Å². The van der Waals surface area contributed by atoms with Crippen molar-refractivity contribution in [1.82, 2.24) is 0 Å². The van der Waals surface area contributed by atoms with E-state index in [0.717, 1.165) is 22.6 Å². The average molecular weight is 275 g/mol. The van der Waals surface area contributed by atoms with E-state index < -0.39 is 0 Å². The molecule has 0 saturated carbocycles. The Morgan fingerprint density at radius 1 is 1.00 bits per heavy atom. The molecular formula is C16H18FNO2. The first-order valence-corrected chi connectivity index (χ1v) is 6.35. The molecule has 106 valence electrons. The summed E-state index contributed by atoms with van der Waals surface area (Å²) in [6.45, 7) is 2.53. The van der Waals surface area contributed by atoms with Crippen molar-refractivity contribution in [3.63, 3.8) is 0 Å². The van der Waals surface area contributed by atoms with Crippen LogP contribution in [0.3, 0.4) is 0 Å². The van der Waals surface area contributed by atoms with Crippen LogP contribution in [0.4, 0.5) is 10.1 Å². The van der Waals surface area contributed by atoms with Crippen LogP contribution < -0.4 is 14.8 Å². The van der Waals surface area contributed by atoms with Gasteiger partial charge in [0.2, 0.25) is 0 Å². The van der Waals surface area contributed by atoms with Gasteiger partial charge in [-0.2, -0.15) is 0 Å². The van der Waals surface area contributed by atoms with Crippen LogP contribution in [0.2, 0.25) is 0 Å². The van der Waals surface area contributed by atoms with Crippen molar-refractivity contribution in [2.24, 2.45) is 0 Å². The van der Waals surface area contributed by atoms with E-state index in [1.54, 1.807) is 13.2 Å². The smallest absolute Gasteiger partial charge is 0.165 e. The molecule has 0 aliphatic heterocycles. The third-order valence-corrected chi connectivity index (χ3v) is 3.11. The zero-order valence-electron chi connectivity index (χ0n) is 11.9. The van der Waals surface area contributed by atoms with Gasteiger partial charge in [-0.15, -0.1) is 0 Å². The topological polar surface area (TPSA) is 30.5 Å². The molecule has 4 heteroatoms. The largest absolute Gasteiger partial charge is 0.496 e. The molecule has 0 spiro atoms. The van der Waals surface area contributed by atoms with Crippen LogP contribution in [0.1, 0.15) is 11.1 Å². The molecule has 0 bridgehead atoms. The number of benzene rings is 2. The van der Waals surface area contributed by atoms with Gasteiger partial charge in [-0.1, -0.05) is 6.07 Å². The molecule has 0 heterocycles. The monoisotopic (exact) mass is 275 g/mol. The quantitative estimate of drug-likeness (QED) is 0.901. The summed E-state index contributed by atoms with van der Waals surface area (Å²) in [5, 5.41) is 3.25. The third kappa shape index (κ3) is 3.20. The average Bonchev–Trinajstić information content (AvgIpc) is 2.45. The minimum atomic E-state index is -0.349. The molecule has 0 saturated heterocycles. The Hall–Kier alpha value is -2.23. The van der Waals surface area contributed by atoms with Crippen molar-refractivity contribution in [3.8, 4) is 11.5 Å². The Morgan fingerprint density at radius 3 is 2.30 bits per heavy atom. The van der Waals surface area contributed by atoms with Gasteiger partial charge in [0.05, 0.1) is 14.2 Å². The molecule has 0 unspecified atom stereocenters. The molecule has 1 N–H and O–H groups in total. The Bertz CT molecular complexity index is 546. The van der Waals surface area contributed by atoms with Gasteiger partial charge in [-0.3, -0.25) is 0 Å². The lowest BCUT2D eigenvalue weighted by Crippen LogP contribution is -2.01. The Labute approximate surface area is 118 Å². The summed E-state index contributed by atoms with van der Waals surface area (Å²) < 4.78 is 23.7. The number of rotatable bonds is 5. The maximum atomic E-state index is 13.6. The van der Waals surface area contributed by atoms with E-state index in [1.807, 2.05) is 31.2 Å². The van der Waals surface area contributed by atoms with Gasteiger partial charge >= 0.3 is 0 Å². The maximum Gasteiger partial charge on any atom is 0.165 e. The van der Waals surface area contributed by atoms with Crippen LogP contribution in [0.5, 0.6) is 11.5 Å². The summed E-state index contributed by atoms with van der Waals surface area (Å²) in [6.07, 6.45) is 0. The van der Waals surface area contributed by atoms with E-state index in [0.29, 0.717) is 6.54 Å². The number of ether oxygens (including phenoxy) is 2. The molecule has 0 fully saturated rings. The van der Waals surface area contributed by atoms with Crippen molar-refractivity contribution in [3.05, 3.63) is 53.3 Å². The second-order valence-electron chi connectivity index (χ2n) is 4.51. The molecule has 0 aliphatic rings. The summed E-state index contributed by atoms with van der Waals surface area (Å²) in [5.41, 5.74) is 2.88. The fraction of sp³-hybridized carbons (Fsp3) is 0.250. The van der Waals surface area contributed by atoms with Crippen molar-refractivity contribution < 1.29 is 13.9 Å². The van der Waals surface area contributed by atoms with Crippen LogP contribution in [0, 0.1) is 12.7 Å². The minimum Gasteiger partial charge on any atom is -0.496 e. The number of aryl methyl sites for hydroxylation is 1. The second-order valence-corrected chi connectivity index (χ2v) is 4.51. The first kappa shape index (κ1) is 14.2. The zero-order chi connectivity index (χ0) is 14.5. The highest BCUT2D eigenvalue weighted by molar-refractivity contribution is 5.51. The number of anilines is 1. The molecule has 2 aromatic carbocycles. The van der Waals surface area contributed by atoms with Crippen LogP contribution in [0.15, 0.2) is 36.4 Å². The Kier molecular flexibility index (Phi) is 4.45. The van der Waals surface area contributed by atoms with Crippen LogP contribution >= 0.6 is 0 Å². The van der Waals surface area contributed by atoms with E-state index in [-0.39, 0.29) is 11.6 Å². The Balaban J connectivity index is 2.05. The molecule has 2 aromatic rings. The molecule has 3 nitrogen and oxygen atoms in total. The van der Waals surface area contributed by atoms with Gasteiger partial charge in [-0.25, -0.2) is 4.39 Å². The summed E-state index contributed by atoms with van der Waals surface area (Å²) in [6, 6.07) is 10.8. The van der Waals surface area contributed by atoms with E-state index in [4.69, 9.17) is 9.47 Å².